The van der Waals surface area contributed by atoms with E-state index in [1.807, 2.05) is 11.3 Å². The monoisotopic (exact) mass is 279 g/mol. The van der Waals surface area contributed by atoms with Crippen molar-refractivity contribution in [3.8, 4) is 0 Å². The lowest BCUT2D eigenvalue weighted by Gasteiger charge is -2.31. The van der Waals surface area contributed by atoms with Gasteiger partial charge in [-0.25, -0.2) is 4.98 Å². The lowest BCUT2D eigenvalue weighted by molar-refractivity contribution is 0.185. The number of piperazine rings is 1. The molecule has 2 heterocycles. The quantitative estimate of drug-likeness (QED) is 0.902. The molecule has 1 saturated heterocycles. The predicted octanol–water partition coefficient (Wildman–Crippen LogP) is 2.72. The number of nitrogens with zero attached hydrogens (tertiary/aromatic N) is 2. The third kappa shape index (κ3) is 2.58. The summed E-state index contributed by atoms with van der Waals surface area (Å²) in [6.45, 7) is 11.5. The van der Waals surface area contributed by atoms with E-state index >= 15 is 0 Å². The van der Waals surface area contributed by atoms with Gasteiger partial charge in [0.25, 0.3) is 0 Å². The highest BCUT2D eigenvalue weighted by Crippen LogP contribution is 2.40. The minimum absolute atomic E-state index is 0.283. The van der Waals surface area contributed by atoms with Gasteiger partial charge in [0.15, 0.2) is 0 Å². The number of hydrogen-bond acceptors (Lipinski definition) is 4. The number of rotatable bonds is 2. The Hall–Kier alpha value is -0.450. The van der Waals surface area contributed by atoms with Crippen LogP contribution in [0.1, 0.15) is 55.2 Å². The first kappa shape index (κ1) is 13.5. The Morgan fingerprint density at radius 3 is 2.74 bits per heavy atom. The number of thiazole rings is 1. The summed E-state index contributed by atoms with van der Waals surface area (Å²) in [6.07, 6.45) is 3.85. The van der Waals surface area contributed by atoms with Crippen LogP contribution in [0.4, 0.5) is 0 Å². The molecule has 0 spiro atoms. The Kier molecular flexibility index (Phi) is 3.67. The van der Waals surface area contributed by atoms with E-state index in [1.54, 1.807) is 4.88 Å². The second-order valence-electron chi connectivity index (χ2n) is 6.52. The molecule has 1 unspecified atom stereocenters. The molecule has 0 radical (unpaired) electrons. The van der Waals surface area contributed by atoms with Gasteiger partial charge in [-0.15, -0.1) is 11.3 Å². The minimum Gasteiger partial charge on any atom is -0.314 e. The molecule has 0 amide bonds. The maximum atomic E-state index is 5.04. The van der Waals surface area contributed by atoms with Gasteiger partial charge in [0.2, 0.25) is 0 Å². The molecule has 0 aromatic carbocycles. The molecule has 1 aliphatic carbocycles. The highest BCUT2D eigenvalue weighted by Gasteiger charge is 2.32. The first-order chi connectivity index (χ1) is 9.08. The summed E-state index contributed by atoms with van der Waals surface area (Å²) in [6, 6.07) is 0.480. The van der Waals surface area contributed by atoms with Crippen LogP contribution >= 0.6 is 11.3 Å². The number of fused-ring (bicyclic) bond motifs is 1. The van der Waals surface area contributed by atoms with E-state index in [9.17, 15) is 0 Å². The largest absolute Gasteiger partial charge is 0.314 e. The van der Waals surface area contributed by atoms with E-state index in [-0.39, 0.29) is 5.41 Å². The fourth-order valence-corrected chi connectivity index (χ4v) is 4.66. The molecular weight excluding hydrogens is 254 g/mol. The van der Waals surface area contributed by atoms with Crippen LogP contribution in [0.2, 0.25) is 0 Å². The summed E-state index contributed by atoms with van der Waals surface area (Å²) in [7, 11) is 0. The van der Waals surface area contributed by atoms with E-state index in [2.05, 4.69) is 31.0 Å². The van der Waals surface area contributed by atoms with Gasteiger partial charge in [0, 0.05) is 36.5 Å². The number of hydrogen-bond donors (Lipinski definition) is 1. The van der Waals surface area contributed by atoms with Crippen LogP contribution in [0.3, 0.4) is 0 Å². The van der Waals surface area contributed by atoms with Crippen molar-refractivity contribution in [2.75, 3.05) is 26.2 Å². The number of nitrogens with one attached hydrogen (secondary N) is 1. The average molecular weight is 279 g/mol. The Bertz CT molecular complexity index is 446. The fourth-order valence-electron chi connectivity index (χ4n) is 3.28. The van der Waals surface area contributed by atoms with E-state index in [1.165, 1.54) is 30.0 Å². The van der Waals surface area contributed by atoms with Gasteiger partial charge >= 0.3 is 0 Å². The summed E-state index contributed by atoms with van der Waals surface area (Å²) in [5, 5.41) is 4.76. The van der Waals surface area contributed by atoms with Gasteiger partial charge in [-0.3, -0.25) is 4.90 Å². The Morgan fingerprint density at radius 1 is 1.32 bits per heavy atom. The van der Waals surface area contributed by atoms with Crippen molar-refractivity contribution in [3.63, 3.8) is 0 Å². The van der Waals surface area contributed by atoms with Gasteiger partial charge in [-0.05, 0) is 26.2 Å². The summed E-state index contributed by atoms with van der Waals surface area (Å²) < 4.78 is 0. The lowest BCUT2D eigenvalue weighted by atomic mass is 9.79. The van der Waals surface area contributed by atoms with Gasteiger partial charge in [-0.1, -0.05) is 13.8 Å². The fraction of sp³-hybridized carbons (Fsp3) is 0.800. The van der Waals surface area contributed by atoms with Crippen LogP contribution in [-0.2, 0) is 11.8 Å². The van der Waals surface area contributed by atoms with Crippen molar-refractivity contribution >= 4 is 11.3 Å². The predicted molar refractivity (Wildman–Crippen MR) is 80.9 cm³/mol. The van der Waals surface area contributed by atoms with Gasteiger partial charge in [0.05, 0.1) is 11.7 Å². The van der Waals surface area contributed by atoms with Crippen molar-refractivity contribution in [1.82, 2.24) is 15.2 Å². The van der Waals surface area contributed by atoms with Gasteiger partial charge in [-0.2, -0.15) is 0 Å². The van der Waals surface area contributed by atoms with Crippen molar-refractivity contribution < 1.29 is 0 Å². The highest BCUT2D eigenvalue weighted by atomic mass is 32.1. The van der Waals surface area contributed by atoms with Crippen molar-refractivity contribution in [2.45, 2.75) is 51.5 Å². The van der Waals surface area contributed by atoms with Crippen LogP contribution in [0, 0.1) is 0 Å². The molecule has 3 nitrogen and oxygen atoms in total. The van der Waals surface area contributed by atoms with Crippen LogP contribution in [0.15, 0.2) is 0 Å². The SMILES string of the molecule is CC(c1nc2c(s1)CCCC2(C)C)N1CCNCC1. The van der Waals surface area contributed by atoms with Crippen LogP contribution < -0.4 is 5.32 Å². The van der Waals surface area contributed by atoms with E-state index in [0.29, 0.717) is 6.04 Å². The molecule has 1 aromatic rings. The molecule has 1 aliphatic heterocycles. The zero-order chi connectivity index (χ0) is 13.5. The summed E-state index contributed by atoms with van der Waals surface area (Å²) in [4.78, 5) is 9.15. The average Bonchev–Trinajstić information content (AvgIpc) is 2.84. The van der Waals surface area contributed by atoms with Crippen LogP contribution in [-0.4, -0.2) is 36.1 Å². The summed E-state index contributed by atoms with van der Waals surface area (Å²) in [5.41, 5.74) is 1.67. The van der Waals surface area contributed by atoms with Crippen LogP contribution in [0.25, 0.3) is 0 Å². The smallest absolute Gasteiger partial charge is 0.110 e. The highest BCUT2D eigenvalue weighted by molar-refractivity contribution is 7.11. The summed E-state index contributed by atoms with van der Waals surface area (Å²) >= 11 is 1.97. The van der Waals surface area contributed by atoms with Crippen molar-refractivity contribution in [1.29, 1.82) is 0 Å². The maximum Gasteiger partial charge on any atom is 0.110 e. The zero-order valence-corrected chi connectivity index (χ0v) is 13.1. The Balaban J connectivity index is 1.84. The zero-order valence-electron chi connectivity index (χ0n) is 12.3. The Labute approximate surface area is 120 Å². The van der Waals surface area contributed by atoms with Gasteiger partial charge < -0.3 is 5.32 Å². The maximum absolute atomic E-state index is 5.04. The molecule has 0 saturated carbocycles. The summed E-state index contributed by atoms with van der Waals surface area (Å²) in [5.74, 6) is 0. The van der Waals surface area contributed by atoms with E-state index < -0.39 is 0 Å². The molecular formula is C15H25N3S. The third-order valence-corrected chi connectivity index (χ3v) is 5.90. The van der Waals surface area contributed by atoms with Crippen molar-refractivity contribution in [2.24, 2.45) is 0 Å². The molecule has 1 atom stereocenters. The standard InChI is InChI=1S/C15H25N3S/c1-11(18-9-7-16-8-10-18)14-17-13-12(19-14)5-4-6-15(13,2)3/h11,16H,4-10H2,1-3H3. The third-order valence-electron chi connectivity index (χ3n) is 4.62. The molecule has 0 bridgehead atoms. The first-order valence-electron chi connectivity index (χ1n) is 7.53. The minimum atomic E-state index is 0.283. The number of aryl methyl sites for hydroxylation is 1. The Morgan fingerprint density at radius 2 is 2.05 bits per heavy atom. The molecule has 2 aliphatic rings. The normalized spacial score (nSPS) is 25.0. The molecule has 1 fully saturated rings. The molecule has 1 aromatic heterocycles. The molecule has 1 N–H and O–H groups in total. The molecule has 106 valence electrons. The van der Waals surface area contributed by atoms with Gasteiger partial charge in [0.1, 0.15) is 5.01 Å². The first-order valence-corrected chi connectivity index (χ1v) is 8.34. The molecule has 3 rings (SSSR count). The topological polar surface area (TPSA) is 28.2 Å². The van der Waals surface area contributed by atoms with Crippen LogP contribution in [0.5, 0.6) is 0 Å². The molecule has 19 heavy (non-hydrogen) atoms. The lowest BCUT2D eigenvalue weighted by Crippen LogP contribution is -2.44. The van der Waals surface area contributed by atoms with E-state index in [0.717, 1.165) is 26.2 Å². The van der Waals surface area contributed by atoms with E-state index in [4.69, 9.17) is 4.98 Å². The second kappa shape index (κ2) is 5.15. The van der Waals surface area contributed by atoms with Crippen molar-refractivity contribution in [3.05, 3.63) is 15.6 Å². The molecule has 4 heteroatoms. The number of aromatic nitrogens is 1. The second-order valence-corrected chi connectivity index (χ2v) is 7.64.